The van der Waals surface area contributed by atoms with Gasteiger partial charge in [-0.05, 0) is 69.4 Å². The maximum absolute atomic E-state index is 5.40. The second-order valence-electron chi connectivity index (χ2n) is 14.7. The SMILES string of the molecule is CC12C=CC=CC1=C(c1nc3ccccc3nc1-c1ccc(-c3ccccc3)cc1)C=CC2n1c2ccc3ccccc3c2c2c3ccccc3ccc21. The molecule has 2 aliphatic rings. The third-order valence-corrected chi connectivity index (χ3v) is 11.7. The zero-order valence-corrected chi connectivity index (χ0v) is 29.8. The Morgan fingerprint density at radius 1 is 0.500 bits per heavy atom. The summed E-state index contributed by atoms with van der Waals surface area (Å²) in [4.78, 5) is 10.7. The minimum absolute atomic E-state index is 0.00166. The number of para-hydroxylation sites is 2. The van der Waals surface area contributed by atoms with Gasteiger partial charge in [-0.25, -0.2) is 9.97 Å². The zero-order chi connectivity index (χ0) is 35.8. The molecule has 54 heavy (non-hydrogen) atoms. The molecule has 2 aliphatic carbocycles. The topological polar surface area (TPSA) is 30.7 Å². The number of nitrogens with zero attached hydrogens (tertiary/aromatic N) is 3. The van der Waals surface area contributed by atoms with Crippen molar-refractivity contribution in [2.45, 2.75) is 13.0 Å². The summed E-state index contributed by atoms with van der Waals surface area (Å²) >= 11 is 0. The Hall–Kier alpha value is -6.84. The fourth-order valence-corrected chi connectivity index (χ4v) is 9.07. The largest absolute Gasteiger partial charge is 0.332 e. The molecule has 0 fully saturated rings. The Labute approximate surface area is 313 Å². The zero-order valence-electron chi connectivity index (χ0n) is 29.8. The Kier molecular flexibility index (Phi) is 6.74. The molecular formula is C51H35N3. The lowest BCUT2D eigenvalue weighted by molar-refractivity contribution is 0.380. The minimum atomic E-state index is -0.378. The van der Waals surface area contributed by atoms with Crippen LogP contribution in [-0.2, 0) is 0 Å². The Morgan fingerprint density at radius 3 is 1.72 bits per heavy atom. The monoisotopic (exact) mass is 689 g/mol. The van der Waals surface area contributed by atoms with Gasteiger partial charge in [-0.1, -0.05) is 164 Å². The third-order valence-electron chi connectivity index (χ3n) is 11.7. The highest BCUT2D eigenvalue weighted by Gasteiger charge is 2.41. The number of hydrogen-bond acceptors (Lipinski definition) is 2. The van der Waals surface area contributed by atoms with Gasteiger partial charge in [-0.2, -0.15) is 0 Å². The van der Waals surface area contributed by atoms with Crippen LogP contribution < -0.4 is 0 Å². The van der Waals surface area contributed by atoms with Gasteiger partial charge in [0.25, 0.3) is 0 Å². The van der Waals surface area contributed by atoms with Crippen LogP contribution >= 0.6 is 0 Å². The van der Waals surface area contributed by atoms with Crippen LogP contribution in [0, 0.1) is 5.41 Å². The number of allylic oxidation sites excluding steroid dienone is 8. The lowest BCUT2D eigenvalue weighted by Gasteiger charge is -2.41. The van der Waals surface area contributed by atoms with Crippen molar-refractivity contribution < 1.29 is 0 Å². The van der Waals surface area contributed by atoms with Gasteiger partial charge in [-0.3, -0.25) is 0 Å². The summed E-state index contributed by atoms with van der Waals surface area (Å²) in [6.45, 7) is 2.39. The van der Waals surface area contributed by atoms with E-state index in [4.69, 9.17) is 9.97 Å². The molecule has 254 valence electrons. The number of benzene rings is 7. The molecule has 0 saturated heterocycles. The summed E-state index contributed by atoms with van der Waals surface area (Å²) in [7, 11) is 0. The quantitative estimate of drug-likeness (QED) is 0.184. The van der Waals surface area contributed by atoms with Crippen molar-refractivity contribution in [3.63, 3.8) is 0 Å². The van der Waals surface area contributed by atoms with Gasteiger partial charge < -0.3 is 4.57 Å². The number of aromatic nitrogens is 3. The Morgan fingerprint density at radius 2 is 1.06 bits per heavy atom. The third kappa shape index (κ3) is 4.55. The van der Waals surface area contributed by atoms with Crippen LogP contribution in [0.5, 0.6) is 0 Å². The van der Waals surface area contributed by atoms with Gasteiger partial charge >= 0.3 is 0 Å². The number of hydrogen-bond donors (Lipinski definition) is 0. The van der Waals surface area contributed by atoms with Crippen molar-refractivity contribution in [3.8, 4) is 22.4 Å². The highest BCUT2D eigenvalue weighted by Crippen LogP contribution is 2.53. The van der Waals surface area contributed by atoms with Gasteiger partial charge in [0.1, 0.15) is 0 Å². The molecule has 3 heteroatoms. The van der Waals surface area contributed by atoms with E-state index in [0.29, 0.717) is 0 Å². The number of rotatable bonds is 4. The molecule has 2 atom stereocenters. The smallest absolute Gasteiger partial charge is 0.0976 e. The molecule has 9 aromatic rings. The standard InChI is InChI=1S/C51H35N3/c1-51-32-12-11-19-41(51)40(50-49(52-42-20-9-10-21-43(42)53-50)37-24-22-34(23-25-37)33-13-3-2-4-14-33)28-31-46(51)54-44-29-26-35-15-5-7-17-38(35)47(44)48-39-18-8-6-16-36(39)27-30-45(48)54/h2-32,46H,1H3. The lowest BCUT2D eigenvalue weighted by Crippen LogP contribution is -2.32. The molecule has 3 nitrogen and oxygen atoms in total. The fourth-order valence-electron chi connectivity index (χ4n) is 9.07. The molecule has 0 spiro atoms. The van der Waals surface area contributed by atoms with Gasteiger partial charge in [-0.15, -0.1) is 0 Å². The van der Waals surface area contributed by atoms with E-state index in [9.17, 15) is 0 Å². The summed E-state index contributed by atoms with van der Waals surface area (Å²) in [5.74, 6) is 0. The van der Waals surface area contributed by atoms with Crippen LogP contribution in [0.2, 0.25) is 0 Å². The first kappa shape index (κ1) is 30.8. The molecule has 0 radical (unpaired) electrons. The van der Waals surface area contributed by atoms with E-state index in [0.717, 1.165) is 33.6 Å². The van der Waals surface area contributed by atoms with Crippen LogP contribution in [0.25, 0.3) is 82.3 Å². The van der Waals surface area contributed by atoms with Crippen molar-refractivity contribution in [3.05, 3.63) is 199 Å². The fraction of sp³-hybridized carbons (Fsp3) is 0.0588. The van der Waals surface area contributed by atoms with E-state index in [-0.39, 0.29) is 11.5 Å². The molecule has 0 N–H and O–H groups in total. The average Bonchev–Trinajstić information content (AvgIpc) is 3.58. The first-order valence-electron chi connectivity index (χ1n) is 18.7. The number of fused-ring (bicyclic) bond motifs is 9. The van der Waals surface area contributed by atoms with E-state index >= 15 is 0 Å². The van der Waals surface area contributed by atoms with E-state index < -0.39 is 0 Å². The first-order chi connectivity index (χ1) is 26.7. The highest BCUT2D eigenvalue weighted by atomic mass is 15.0. The van der Waals surface area contributed by atoms with Gasteiger partial charge in [0.15, 0.2) is 0 Å². The van der Waals surface area contributed by atoms with Crippen molar-refractivity contribution in [2.24, 2.45) is 5.41 Å². The molecule has 2 unspecified atom stereocenters. The molecule has 0 aliphatic heterocycles. The second kappa shape index (κ2) is 11.8. The van der Waals surface area contributed by atoms with Gasteiger partial charge in [0.2, 0.25) is 0 Å². The molecule has 2 aromatic heterocycles. The second-order valence-corrected chi connectivity index (χ2v) is 14.7. The average molecular weight is 690 g/mol. The lowest BCUT2D eigenvalue weighted by atomic mass is 9.67. The molecule has 7 aromatic carbocycles. The summed E-state index contributed by atoms with van der Waals surface area (Å²) in [5, 5.41) is 7.69. The van der Waals surface area contributed by atoms with Crippen molar-refractivity contribution >= 4 is 60.0 Å². The van der Waals surface area contributed by atoms with E-state index in [1.54, 1.807) is 0 Å². The predicted octanol–water partition coefficient (Wildman–Crippen LogP) is 13.1. The van der Waals surface area contributed by atoms with Crippen LogP contribution in [0.4, 0.5) is 0 Å². The van der Waals surface area contributed by atoms with Crippen molar-refractivity contribution in [1.29, 1.82) is 0 Å². The van der Waals surface area contributed by atoms with Crippen molar-refractivity contribution in [2.75, 3.05) is 0 Å². The predicted molar refractivity (Wildman–Crippen MR) is 226 cm³/mol. The Balaban J connectivity index is 1.14. The maximum Gasteiger partial charge on any atom is 0.0976 e. The summed E-state index contributed by atoms with van der Waals surface area (Å²) in [6.07, 6.45) is 13.8. The molecule has 0 bridgehead atoms. The van der Waals surface area contributed by atoms with E-state index in [1.807, 2.05) is 12.1 Å². The maximum atomic E-state index is 5.40. The first-order valence-corrected chi connectivity index (χ1v) is 18.7. The van der Waals surface area contributed by atoms with Crippen LogP contribution in [0.15, 0.2) is 194 Å². The molecule has 0 saturated carbocycles. The summed E-state index contributed by atoms with van der Waals surface area (Å²) in [5.41, 5.74) is 11.4. The molecule has 11 rings (SSSR count). The van der Waals surface area contributed by atoms with Crippen LogP contribution in [0.1, 0.15) is 18.7 Å². The van der Waals surface area contributed by atoms with E-state index in [1.165, 1.54) is 60.1 Å². The van der Waals surface area contributed by atoms with Crippen molar-refractivity contribution in [1.82, 2.24) is 14.5 Å². The Bertz CT molecular complexity index is 3010. The van der Waals surface area contributed by atoms with Gasteiger partial charge in [0.05, 0.1) is 39.5 Å². The normalized spacial score (nSPS) is 18.1. The van der Waals surface area contributed by atoms with Crippen LogP contribution in [0.3, 0.4) is 0 Å². The van der Waals surface area contributed by atoms with Crippen LogP contribution in [-0.4, -0.2) is 14.5 Å². The summed E-state index contributed by atoms with van der Waals surface area (Å²) < 4.78 is 2.59. The summed E-state index contributed by atoms with van der Waals surface area (Å²) in [6, 6.07) is 54.3. The molecule has 0 amide bonds. The molecule has 2 heterocycles. The van der Waals surface area contributed by atoms with E-state index in [2.05, 4.69) is 187 Å². The minimum Gasteiger partial charge on any atom is -0.332 e. The molecular weight excluding hydrogens is 655 g/mol. The van der Waals surface area contributed by atoms with Gasteiger partial charge in [0, 0.05) is 27.3 Å². The highest BCUT2D eigenvalue weighted by molar-refractivity contribution is 6.28.